The van der Waals surface area contributed by atoms with Crippen LogP contribution in [0, 0.1) is 0 Å². The Kier molecular flexibility index (Phi) is 3.59. The van der Waals surface area contributed by atoms with Crippen LogP contribution < -0.4 is 0 Å². The Morgan fingerprint density at radius 3 is 1.19 bits per heavy atom. The van der Waals surface area contributed by atoms with Crippen LogP contribution >= 0.6 is 0 Å². The molecule has 4 heterocycles. The molecule has 0 saturated carbocycles. The van der Waals surface area contributed by atoms with Crippen LogP contribution in [0.2, 0.25) is 0 Å². The lowest BCUT2D eigenvalue weighted by Crippen LogP contribution is -2.42. The topological polar surface area (TPSA) is 46.6 Å². The zero-order valence-corrected chi connectivity index (χ0v) is 15.8. The summed E-state index contributed by atoms with van der Waals surface area (Å²) in [6, 6.07) is 0.724. The molecule has 2 atom stereocenters. The number of likely N-dealkylation sites (tertiary alicyclic amines) is 2. The van der Waals surface area contributed by atoms with Crippen molar-refractivity contribution in [1.82, 2.24) is 19.6 Å². The van der Waals surface area contributed by atoms with E-state index >= 15 is 0 Å². The first-order valence-electron chi connectivity index (χ1n) is 10.2. The van der Waals surface area contributed by atoms with E-state index in [1.54, 1.807) is 0 Å². The summed E-state index contributed by atoms with van der Waals surface area (Å²) in [4.78, 5) is 36.0. The molecule has 0 spiro atoms. The molecule has 0 bridgehead atoms. The molecular weight excluding hydrogens is 328 g/mol. The van der Waals surface area contributed by atoms with Crippen molar-refractivity contribution in [1.29, 1.82) is 0 Å². The summed E-state index contributed by atoms with van der Waals surface area (Å²) in [7, 11) is 0. The smallest absolute Gasteiger partial charge is 0.229 e. The average Bonchev–Trinajstić information content (AvgIpc) is 3.31. The van der Waals surface area contributed by atoms with Crippen molar-refractivity contribution in [3.05, 3.63) is 22.8 Å². The molecule has 4 aliphatic heterocycles. The molecule has 5 rings (SSSR count). The molecule has 1 aliphatic carbocycles. The van der Waals surface area contributed by atoms with E-state index in [0.717, 1.165) is 65.0 Å². The van der Waals surface area contributed by atoms with Gasteiger partial charge in [0.2, 0.25) is 11.6 Å². The number of hydrogen-bond donors (Lipinski definition) is 0. The van der Waals surface area contributed by atoms with Crippen LogP contribution in [0.25, 0.3) is 0 Å². The Balaban J connectivity index is 1.62. The van der Waals surface area contributed by atoms with E-state index in [1.807, 2.05) is 0 Å². The van der Waals surface area contributed by atoms with Gasteiger partial charge in [0.15, 0.2) is 0 Å². The summed E-state index contributed by atoms with van der Waals surface area (Å²) in [6.07, 6.45) is 4.41. The van der Waals surface area contributed by atoms with E-state index in [4.69, 9.17) is 0 Å². The molecule has 2 unspecified atom stereocenters. The second-order valence-electron chi connectivity index (χ2n) is 8.44. The van der Waals surface area contributed by atoms with Gasteiger partial charge in [-0.1, -0.05) is 0 Å². The predicted octanol–water partition coefficient (Wildman–Crippen LogP) is 1.16. The first kappa shape index (κ1) is 16.2. The van der Waals surface area contributed by atoms with E-state index in [0.29, 0.717) is 34.9 Å². The number of hydrogen-bond acceptors (Lipinski definition) is 6. The van der Waals surface area contributed by atoms with E-state index in [-0.39, 0.29) is 11.6 Å². The first-order valence-corrected chi connectivity index (χ1v) is 10.2. The van der Waals surface area contributed by atoms with Crippen molar-refractivity contribution >= 4 is 11.6 Å². The van der Waals surface area contributed by atoms with Crippen LogP contribution in [-0.4, -0.2) is 82.5 Å². The van der Waals surface area contributed by atoms with E-state index in [9.17, 15) is 9.59 Å². The van der Waals surface area contributed by atoms with Gasteiger partial charge in [0.1, 0.15) is 22.8 Å². The van der Waals surface area contributed by atoms with E-state index < -0.39 is 0 Å². The zero-order chi connectivity index (χ0) is 18.0. The molecular formula is C20H28N4O2. The molecule has 5 aliphatic rings. The second-order valence-corrected chi connectivity index (χ2v) is 8.44. The monoisotopic (exact) mass is 356 g/mol. The molecule has 0 aromatic carbocycles. The maximum Gasteiger partial charge on any atom is 0.229 e. The molecule has 0 amide bonds. The minimum Gasteiger partial charge on any atom is -0.367 e. The lowest BCUT2D eigenvalue weighted by atomic mass is 9.96. The van der Waals surface area contributed by atoms with Crippen LogP contribution in [0.5, 0.6) is 0 Å². The summed E-state index contributed by atoms with van der Waals surface area (Å²) >= 11 is 0. The number of carbonyl (C=O) groups excluding carboxylic acids is 2. The molecule has 26 heavy (non-hydrogen) atoms. The third kappa shape index (κ3) is 2.37. The van der Waals surface area contributed by atoms with Gasteiger partial charge in [-0.25, -0.2) is 0 Å². The molecule has 0 aromatic heterocycles. The quantitative estimate of drug-likeness (QED) is 0.557. The fraction of sp³-hybridized carbons (Fsp3) is 0.700. The molecule has 0 radical (unpaired) electrons. The van der Waals surface area contributed by atoms with Crippen LogP contribution in [0.4, 0.5) is 0 Å². The number of carbonyl (C=O) groups is 2. The van der Waals surface area contributed by atoms with Crippen molar-refractivity contribution in [2.75, 3.05) is 39.3 Å². The van der Waals surface area contributed by atoms with Gasteiger partial charge in [0.05, 0.1) is 0 Å². The molecule has 6 heteroatoms. The van der Waals surface area contributed by atoms with Crippen molar-refractivity contribution in [2.24, 2.45) is 0 Å². The highest BCUT2D eigenvalue weighted by molar-refractivity contribution is 6.24. The van der Waals surface area contributed by atoms with Gasteiger partial charge in [-0.05, 0) is 39.5 Å². The lowest BCUT2D eigenvalue weighted by molar-refractivity contribution is -0.120. The Hall–Kier alpha value is -1.98. The summed E-state index contributed by atoms with van der Waals surface area (Å²) in [5, 5.41) is 0. The third-order valence-electron chi connectivity index (χ3n) is 6.45. The van der Waals surface area contributed by atoms with Crippen LogP contribution in [0.15, 0.2) is 22.8 Å². The number of rotatable bonds is 4. The Morgan fingerprint density at radius 1 is 0.615 bits per heavy atom. The maximum absolute atomic E-state index is 13.7. The van der Waals surface area contributed by atoms with Gasteiger partial charge in [-0.2, -0.15) is 0 Å². The normalized spacial score (nSPS) is 31.8. The van der Waals surface area contributed by atoms with Crippen molar-refractivity contribution in [2.45, 2.75) is 51.6 Å². The number of Topliss-reactive ketones (excluding diaryl/α,β-unsaturated/α-hetero) is 2. The zero-order valence-electron chi connectivity index (χ0n) is 15.8. The average molecular weight is 356 g/mol. The van der Waals surface area contributed by atoms with Gasteiger partial charge >= 0.3 is 0 Å². The molecule has 6 nitrogen and oxygen atoms in total. The van der Waals surface area contributed by atoms with Crippen LogP contribution in [-0.2, 0) is 9.59 Å². The summed E-state index contributed by atoms with van der Waals surface area (Å²) in [5.74, 6) is 0.179. The maximum atomic E-state index is 13.7. The highest BCUT2D eigenvalue weighted by atomic mass is 16.1. The van der Waals surface area contributed by atoms with Crippen LogP contribution in [0.3, 0.4) is 0 Å². The van der Waals surface area contributed by atoms with Gasteiger partial charge in [-0.3, -0.25) is 9.59 Å². The third-order valence-corrected chi connectivity index (χ3v) is 6.45. The standard InChI is InChI=1S/C20H28N4O2/c1-13-11-23(13)17-15(21-7-3-4-8-21)20(26)18(24-12-14(24)2)16(19(17)25)22-9-5-6-10-22/h13-14H,3-12H2,1-2H3. The second kappa shape index (κ2) is 5.76. The van der Waals surface area contributed by atoms with Gasteiger partial charge in [0.25, 0.3) is 0 Å². The summed E-state index contributed by atoms with van der Waals surface area (Å²) in [6.45, 7) is 9.60. The minimum atomic E-state index is 0.0897. The summed E-state index contributed by atoms with van der Waals surface area (Å²) in [5.41, 5.74) is 2.75. The molecule has 4 fully saturated rings. The largest absolute Gasteiger partial charge is 0.367 e. The Morgan fingerprint density at radius 2 is 0.923 bits per heavy atom. The fourth-order valence-electron chi connectivity index (χ4n) is 4.75. The first-order chi connectivity index (χ1) is 12.6. The highest BCUT2D eigenvalue weighted by Gasteiger charge is 2.50. The Bertz CT molecular complexity index is 666. The highest BCUT2D eigenvalue weighted by Crippen LogP contribution is 2.41. The van der Waals surface area contributed by atoms with Crippen molar-refractivity contribution in [3.8, 4) is 0 Å². The molecule has 0 aromatic rings. The molecule has 140 valence electrons. The lowest BCUT2D eigenvalue weighted by Gasteiger charge is -2.34. The van der Waals surface area contributed by atoms with Gasteiger partial charge < -0.3 is 19.6 Å². The van der Waals surface area contributed by atoms with E-state index in [1.165, 1.54) is 0 Å². The number of nitrogens with zero attached hydrogens (tertiary/aromatic N) is 4. The van der Waals surface area contributed by atoms with Crippen molar-refractivity contribution in [3.63, 3.8) is 0 Å². The van der Waals surface area contributed by atoms with Crippen molar-refractivity contribution < 1.29 is 9.59 Å². The summed E-state index contributed by atoms with van der Waals surface area (Å²) < 4.78 is 0. The predicted molar refractivity (Wildman–Crippen MR) is 98.0 cm³/mol. The molecule has 4 saturated heterocycles. The SMILES string of the molecule is CC1CN1C1=C(N2CCCC2)C(=O)C(N2CC2C)=C(N2CCCC2)C1=O. The Labute approximate surface area is 155 Å². The fourth-order valence-corrected chi connectivity index (χ4v) is 4.75. The minimum absolute atomic E-state index is 0.0897. The van der Waals surface area contributed by atoms with Gasteiger partial charge in [0, 0.05) is 51.4 Å². The van der Waals surface area contributed by atoms with Gasteiger partial charge in [-0.15, -0.1) is 0 Å². The van der Waals surface area contributed by atoms with E-state index in [2.05, 4.69) is 33.4 Å². The van der Waals surface area contributed by atoms with Crippen LogP contribution in [0.1, 0.15) is 39.5 Å². The number of ketones is 2. The molecule has 0 N–H and O–H groups in total.